The summed E-state index contributed by atoms with van der Waals surface area (Å²) in [6.07, 6.45) is 4.60. The van der Waals surface area contributed by atoms with Crippen molar-refractivity contribution in [3.63, 3.8) is 0 Å². The van der Waals surface area contributed by atoms with Gasteiger partial charge in [-0.3, -0.25) is 0 Å². The Kier molecular flexibility index (Phi) is 5.91. The molecule has 1 aromatic carbocycles. The van der Waals surface area contributed by atoms with Gasteiger partial charge in [0.25, 0.3) is 0 Å². The van der Waals surface area contributed by atoms with Gasteiger partial charge >= 0.3 is 0 Å². The summed E-state index contributed by atoms with van der Waals surface area (Å²) in [5.41, 5.74) is 2.70. The molecule has 1 aliphatic heterocycles. The Morgan fingerprint density at radius 2 is 2.10 bits per heavy atom. The summed E-state index contributed by atoms with van der Waals surface area (Å²) in [5, 5.41) is 3.63. The molecular formula is C17H26BrNO. The zero-order chi connectivity index (χ0) is 14.5. The summed E-state index contributed by atoms with van der Waals surface area (Å²) < 4.78 is 7.02. The Hall–Kier alpha value is -0.540. The number of rotatable bonds is 7. The number of nitrogens with one attached hydrogen (secondary N) is 1. The van der Waals surface area contributed by atoms with Crippen LogP contribution in [-0.4, -0.2) is 19.2 Å². The molecule has 0 aromatic heterocycles. The Bertz CT molecular complexity index is 445. The fraction of sp³-hybridized carbons (Fsp3) is 0.647. The summed E-state index contributed by atoms with van der Waals surface area (Å²) in [7, 11) is 0. The van der Waals surface area contributed by atoms with Crippen molar-refractivity contribution in [3.8, 4) is 5.75 Å². The molecule has 3 heteroatoms. The molecule has 0 spiro atoms. The van der Waals surface area contributed by atoms with Crippen molar-refractivity contribution in [1.82, 2.24) is 5.32 Å². The van der Waals surface area contributed by atoms with Crippen molar-refractivity contribution < 1.29 is 4.74 Å². The highest BCUT2D eigenvalue weighted by molar-refractivity contribution is 9.10. The van der Waals surface area contributed by atoms with Gasteiger partial charge in [-0.15, -0.1) is 0 Å². The average Bonchev–Trinajstić information content (AvgIpc) is 2.84. The highest BCUT2D eigenvalue weighted by Crippen LogP contribution is 2.34. The molecule has 0 aliphatic carbocycles. The summed E-state index contributed by atoms with van der Waals surface area (Å²) in [5.74, 6) is 1.90. The quantitative estimate of drug-likeness (QED) is 0.797. The summed E-state index contributed by atoms with van der Waals surface area (Å²) in [6, 6.07) is 4.97. The van der Waals surface area contributed by atoms with E-state index in [2.05, 4.69) is 54.2 Å². The van der Waals surface area contributed by atoms with Gasteiger partial charge in [0.05, 0.1) is 6.61 Å². The first-order valence-electron chi connectivity index (χ1n) is 7.77. The Balaban J connectivity index is 2.10. The minimum Gasteiger partial charge on any atom is -0.493 e. The SMILES string of the molecule is CCNC(CCC(C)C)Cc1cc(Br)cc2c1OCC2. The lowest BCUT2D eigenvalue weighted by Crippen LogP contribution is -2.31. The van der Waals surface area contributed by atoms with Crippen molar-refractivity contribution in [2.45, 2.75) is 52.5 Å². The van der Waals surface area contributed by atoms with Gasteiger partial charge in [-0.2, -0.15) is 0 Å². The van der Waals surface area contributed by atoms with Crippen LogP contribution in [0.2, 0.25) is 0 Å². The minimum atomic E-state index is 0.546. The standard InChI is InChI=1S/C17H26BrNO/c1-4-19-16(6-5-12(2)3)11-14-10-15(18)9-13-7-8-20-17(13)14/h9-10,12,16,19H,4-8,11H2,1-3H3. The van der Waals surface area contributed by atoms with E-state index in [4.69, 9.17) is 4.74 Å². The van der Waals surface area contributed by atoms with E-state index in [0.717, 1.165) is 37.7 Å². The molecule has 0 bridgehead atoms. The van der Waals surface area contributed by atoms with Gasteiger partial charge in [0.1, 0.15) is 5.75 Å². The van der Waals surface area contributed by atoms with Crippen molar-refractivity contribution >= 4 is 15.9 Å². The second-order valence-corrected chi connectivity index (χ2v) is 7.00. The lowest BCUT2D eigenvalue weighted by Gasteiger charge is -2.20. The van der Waals surface area contributed by atoms with Gasteiger partial charge in [-0.1, -0.05) is 36.7 Å². The molecule has 1 N–H and O–H groups in total. The number of halogens is 1. The molecule has 0 saturated heterocycles. The van der Waals surface area contributed by atoms with Crippen molar-refractivity contribution in [1.29, 1.82) is 0 Å². The van der Waals surface area contributed by atoms with Crippen molar-refractivity contribution in [2.24, 2.45) is 5.92 Å². The Morgan fingerprint density at radius 3 is 2.80 bits per heavy atom. The second kappa shape index (κ2) is 7.46. The van der Waals surface area contributed by atoms with Crippen LogP contribution < -0.4 is 10.1 Å². The highest BCUT2D eigenvalue weighted by atomic mass is 79.9. The van der Waals surface area contributed by atoms with Gasteiger partial charge in [0, 0.05) is 16.9 Å². The van der Waals surface area contributed by atoms with Crippen LogP contribution in [0.25, 0.3) is 0 Å². The molecule has 1 heterocycles. The van der Waals surface area contributed by atoms with E-state index >= 15 is 0 Å². The normalized spacial score (nSPS) is 15.2. The Labute approximate surface area is 131 Å². The first kappa shape index (κ1) is 15.8. The fourth-order valence-electron chi connectivity index (χ4n) is 2.86. The first-order chi connectivity index (χ1) is 9.60. The molecule has 1 unspecified atom stereocenters. The molecule has 112 valence electrons. The number of benzene rings is 1. The molecular weight excluding hydrogens is 314 g/mol. The molecule has 2 nitrogen and oxygen atoms in total. The number of ether oxygens (including phenoxy) is 1. The van der Waals surface area contributed by atoms with E-state index in [0.29, 0.717) is 6.04 Å². The van der Waals surface area contributed by atoms with Crippen LogP contribution in [0, 0.1) is 5.92 Å². The van der Waals surface area contributed by atoms with Crippen molar-refractivity contribution in [3.05, 3.63) is 27.7 Å². The summed E-state index contributed by atoms with van der Waals surface area (Å²) in [6.45, 7) is 8.63. The van der Waals surface area contributed by atoms with E-state index in [-0.39, 0.29) is 0 Å². The van der Waals surface area contributed by atoms with Crippen LogP contribution in [-0.2, 0) is 12.8 Å². The van der Waals surface area contributed by atoms with Gasteiger partial charge in [0.2, 0.25) is 0 Å². The zero-order valence-corrected chi connectivity index (χ0v) is 14.4. The molecule has 0 fully saturated rings. The number of hydrogen-bond acceptors (Lipinski definition) is 2. The molecule has 0 saturated carbocycles. The monoisotopic (exact) mass is 339 g/mol. The third kappa shape index (κ3) is 4.23. The number of hydrogen-bond donors (Lipinski definition) is 1. The molecule has 0 radical (unpaired) electrons. The molecule has 1 aromatic rings. The van der Waals surface area contributed by atoms with Crippen LogP contribution in [0.3, 0.4) is 0 Å². The van der Waals surface area contributed by atoms with Crippen LogP contribution in [0.1, 0.15) is 44.7 Å². The van der Waals surface area contributed by atoms with Crippen LogP contribution in [0.5, 0.6) is 5.75 Å². The number of likely N-dealkylation sites (N-methyl/N-ethyl adjacent to an activating group) is 1. The largest absolute Gasteiger partial charge is 0.493 e. The van der Waals surface area contributed by atoms with Crippen molar-refractivity contribution in [2.75, 3.05) is 13.2 Å². The van der Waals surface area contributed by atoms with E-state index in [1.54, 1.807) is 0 Å². The highest BCUT2D eigenvalue weighted by Gasteiger charge is 2.20. The van der Waals surface area contributed by atoms with Gasteiger partial charge in [-0.25, -0.2) is 0 Å². The van der Waals surface area contributed by atoms with E-state index < -0.39 is 0 Å². The summed E-state index contributed by atoms with van der Waals surface area (Å²) >= 11 is 3.63. The Morgan fingerprint density at radius 1 is 1.30 bits per heavy atom. The lowest BCUT2D eigenvalue weighted by molar-refractivity contribution is 0.349. The van der Waals surface area contributed by atoms with E-state index in [9.17, 15) is 0 Å². The predicted molar refractivity (Wildman–Crippen MR) is 88.6 cm³/mol. The van der Waals surface area contributed by atoms with Crippen LogP contribution >= 0.6 is 15.9 Å². The third-order valence-electron chi connectivity index (χ3n) is 3.88. The predicted octanol–water partition coefficient (Wildman–Crippen LogP) is 4.34. The second-order valence-electron chi connectivity index (χ2n) is 6.08. The molecule has 0 amide bonds. The molecule has 20 heavy (non-hydrogen) atoms. The molecule has 2 rings (SSSR count). The lowest BCUT2D eigenvalue weighted by atomic mass is 9.96. The smallest absolute Gasteiger partial charge is 0.125 e. The maximum Gasteiger partial charge on any atom is 0.125 e. The zero-order valence-electron chi connectivity index (χ0n) is 12.8. The van der Waals surface area contributed by atoms with Gasteiger partial charge in [0.15, 0.2) is 0 Å². The topological polar surface area (TPSA) is 21.3 Å². The number of fused-ring (bicyclic) bond motifs is 1. The van der Waals surface area contributed by atoms with Crippen LogP contribution in [0.4, 0.5) is 0 Å². The summed E-state index contributed by atoms with van der Waals surface area (Å²) in [4.78, 5) is 0. The average molecular weight is 340 g/mol. The van der Waals surface area contributed by atoms with Gasteiger partial charge in [-0.05, 0) is 55.0 Å². The van der Waals surface area contributed by atoms with E-state index in [1.807, 2.05) is 0 Å². The third-order valence-corrected chi connectivity index (χ3v) is 4.33. The first-order valence-corrected chi connectivity index (χ1v) is 8.57. The maximum atomic E-state index is 5.84. The minimum absolute atomic E-state index is 0.546. The maximum absolute atomic E-state index is 5.84. The van der Waals surface area contributed by atoms with Crippen LogP contribution in [0.15, 0.2) is 16.6 Å². The van der Waals surface area contributed by atoms with Gasteiger partial charge < -0.3 is 10.1 Å². The molecule has 1 atom stereocenters. The fourth-order valence-corrected chi connectivity index (χ4v) is 3.42. The van der Waals surface area contributed by atoms with E-state index in [1.165, 1.54) is 28.4 Å². The molecule has 1 aliphatic rings.